The number of aliphatic imine (C=N–C) groups is 2. The molecule has 0 radical (unpaired) electrons. The fourth-order valence-corrected chi connectivity index (χ4v) is 5.29. The lowest BCUT2D eigenvalue weighted by Gasteiger charge is -2.32. The molecule has 0 amide bonds. The number of aromatic hydroxyl groups is 1. The molecule has 0 unspecified atom stereocenters. The van der Waals surface area contributed by atoms with E-state index < -0.39 is 5.83 Å². The number of aryl methyl sites for hydroxylation is 1. The molecule has 2 aromatic carbocycles. The summed E-state index contributed by atoms with van der Waals surface area (Å²) >= 11 is 13.1. The molecular weight excluding hydrogens is 582 g/mol. The number of ether oxygens (including phenoxy) is 1. The average Bonchev–Trinajstić information content (AvgIpc) is 2.96. The number of morpholine rings is 1. The average molecular weight is 620 g/mol. The predicted molar refractivity (Wildman–Crippen MR) is 170 cm³/mol. The third kappa shape index (κ3) is 8.42. The summed E-state index contributed by atoms with van der Waals surface area (Å²) in [7, 11) is 3.64. The second-order valence-electron chi connectivity index (χ2n) is 10.2. The largest absolute Gasteiger partial charge is 0.506 e. The van der Waals surface area contributed by atoms with Crippen molar-refractivity contribution < 1.29 is 14.2 Å². The first-order valence-corrected chi connectivity index (χ1v) is 14.4. The van der Waals surface area contributed by atoms with Gasteiger partial charge in [0.2, 0.25) is 5.96 Å². The molecule has 2 fully saturated rings. The fraction of sp³-hybridized carbons (Fsp3) is 0.414. The van der Waals surface area contributed by atoms with Gasteiger partial charge in [0.05, 0.1) is 35.2 Å². The summed E-state index contributed by atoms with van der Waals surface area (Å²) in [6, 6.07) is 7.41. The summed E-state index contributed by atoms with van der Waals surface area (Å²) in [6.45, 7) is 12.3. The van der Waals surface area contributed by atoms with Crippen LogP contribution in [0.15, 0.2) is 51.8 Å². The van der Waals surface area contributed by atoms with E-state index in [4.69, 9.17) is 27.9 Å². The zero-order chi connectivity index (χ0) is 30.2. The molecule has 2 aromatic rings. The van der Waals surface area contributed by atoms with Crippen LogP contribution in [-0.4, -0.2) is 104 Å². The number of anilines is 2. The van der Waals surface area contributed by atoms with E-state index in [1.807, 2.05) is 13.0 Å². The highest BCUT2D eigenvalue weighted by molar-refractivity contribution is 6.34. The number of halogens is 3. The first kappa shape index (κ1) is 31.7. The van der Waals surface area contributed by atoms with Gasteiger partial charge in [-0.15, -0.1) is 0 Å². The number of likely N-dealkylation sites (N-methyl/N-ethyl adjacent to an activating group) is 1. The van der Waals surface area contributed by atoms with Crippen LogP contribution in [0.3, 0.4) is 0 Å². The number of guanidine groups is 1. The van der Waals surface area contributed by atoms with Crippen molar-refractivity contribution in [3.63, 3.8) is 0 Å². The lowest BCUT2D eigenvalue weighted by molar-refractivity contribution is 0.0678. The van der Waals surface area contributed by atoms with Crippen LogP contribution in [0, 0.1) is 6.92 Å². The monoisotopic (exact) mass is 618 g/mol. The van der Waals surface area contributed by atoms with Gasteiger partial charge < -0.3 is 25.0 Å². The molecule has 2 saturated heterocycles. The number of hydrogen-bond donors (Lipinski definition) is 3. The van der Waals surface area contributed by atoms with Gasteiger partial charge in [-0.1, -0.05) is 35.8 Å². The number of benzene rings is 2. The molecule has 2 aliphatic rings. The molecule has 0 bridgehead atoms. The molecule has 3 N–H and O–H groups in total. The standard InChI is InChI=1S/C29H37Cl2FN8O2/c1-19-13-21(18-39-7-5-38(4)6-8-39)14-24(30)26(19)35-23-15-22(27(41)25(31)16-23)17-34-37-29(33-3)36-28(20(2)32)40-9-11-42-12-10-40/h13-17,35,41H,2,5-12,18H2,1,3-4H3,(H,33,37)/b34-17+,36-28+. The van der Waals surface area contributed by atoms with Crippen LogP contribution < -0.4 is 10.7 Å². The normalized spacial score (nSPS) is 17.6. The van der Waals surface area contributed by atoms with Crippen LogP contribution in [0.5, 0.6) is 5.75 Å². The highest BCUT2D eigenvalue weighted by Gasteiger charge is 2.19. The van der Waals surface area contributed by atoms with Crippen molar-refractivity contribution in [2.75, 3.05) is 71.9 Å². The van der Waals surface area contributed by atoms with E-state index in [9.17, 15) is 9.50 Å². The third-order valence-corrected chi connectivity index (χ3v) is 7.64. The van der Waals surface area contributed by atoms with Gasteiger partial charge in [0.1, 0.15) is 5.75 Å². The molecule has 226 valence electrons. The number of nitrogens with one attached hydrogen (secondary N) is 2. The molecule has 42 heavy (non-hydrogen) atoms. The summed E-state index contributed by atoms with van der Waals surface area (Å²) in [5, 5.41) is 18.8. The molecule has 0 aliphatic carbocycles. The summed E-state index contributed by atoms with van der Waals surface area (Å²) in [4.78, 5) is 14.8. The van der Waals surface area contributed by atoms with E-state index in [1.165, 1.54) is 13.3 Å². The number of hydrazone groups is 1. The van der Waals surface area contributed by atoms with Crippen molar-refractivity contribution in [2.24, 2.45) is 15.1 Å². The maximum Gasteiger partial charge on any atom is 0.240 e. The lowest BCUT2D eigenvalue weighted by atomic mass is 10.1. The Kier molecular flexibility index (Phi) is 11.2. The van der Waals surface area contributed by atoms with Gasteiger partial charge in [0, 0.05) is 64.1 Å². The molecule has 2 heterocycles. The van der Waals surface area contributed by atoms with E-state index in [-0.39, 0.29) is 22.6 Å². The van der Waals surface area contributed by atoms with Crippen molar-refractivity contribution in [2.45, 2.75) is 13.5 Å². The molecule has 0 aromatic heterocycles. The van der Waals surface area contributed by atoms with Gasteiger partial charge in [-0.25, -0.2) is 9.82 Å². The quantitative estimate of drug-likeness (QED) is 0.180. The Bertz CT molecular complexity index is 1350. The minimum atomic E-state index is -0.687. The minimum absolute atomic E-state index is 0.0560. The smallest absolute Gasteiger partial charge is 0.240 e. The second-order valence-corrected chi connectivity index (χ2v) is 11.0. The van der Waals surface area contributed by atoms with Crippen molar-refractivity contribution in [3.8, 4) is 5.75 Å². The molecule has 2 aliphatic heterocycles. The topological polar surface area (TPSA) is 100 Å². The number of hydrogen-bond acceptors (Lipinski definition) is 7. The summed E-state index contributed by atoms with van der Waals surface area (Å²) in [6.07, 6.45) is 1.37. The summed E-state index contributed by atoms with van der Waals surface area (Å²) in [5.74, 6) is -0.720. The van der Waals surface area contributed by atoms with Gasteiger partial charge in [-0.05, 0) is 43.3 Å². The first-order chi connectivity index (χ1) is 20.1. The van der Waals surface area contributed by atoms with E-state index in [1.54, 1.807) is 17.0 Å². The maximum atomic E-state index is 14.2. The Balaban J connectivity index is 1.47. The highest BCUT2D eigenvalue weighted by Crippen LogP contribution is 2.35. The van der Waals surface area contributed by atoms with Crippen molar-refractivity contribution in [1.29, 1.82) is 0 Å². The van der Waals surface area contributed by atoms with Crippen LogP contribution in [0.25, 0.3) is 0 Å². The molecule has 13 heteroatoms. The van der Waals surface area contributed by atoms with E-state index in [0.29, 0.717) is 42.6 Å². The van der Waals surface area contributed by atoms with Crippen LogP contribution >= 0.6 is 23.2 Å². The van der Waals surface area contributed by atoms with Crippen LogP contribution in [0.2, 0.25) is 10.0 Å². The molecular formula is C29H37Cl2FN8O2. The predicted octanol–water partition coefficient (Wildman–Crippen LogP) is 4.62. The van der Waals surface area contributed by atoms with Crippen LogP contribution in [0.4, 0.5) is 15.8 Å². The second kappa shape index (κ2) is 14.8. The molecule has 0 saturated carbocycles. The van der Waals surface area contributed by atoms with E-state index in [0.717, 1.165) is 49.5 Å². The van der Waals surface area contributed by atoms with Gasteiger partial charge in [0.15, 0.2) is 11.7 Å². The number of phenolic OH excluding ortho intramolecular Hbond substituents is 1. The van der Waals surface area contributed by atoms with Crippen molar-refractivity contribution >= 4 is 52.6 Å². The number of rotatable bonds is 7. The fourth-order valence-electron chi connectivity index (χ4n) is 4.73. The highest BCUT2D eigenvalue weighted by atomic mass is 35.5. The third-order valence-electron chi connectivity index (χ3n) is 7.06. The number of piperazine rings is 1. The minimum Gasteiger partial charge on any atom is -0.506 e. The van der Waals surface area contributed by atoms with Crippen molar-refractivity contribution in [1.82, 2.24) is 20.1 Å². The SMILES string of the molecule is C=C(F)/C(=N\C(=NC)N/N=C/c1cc(Nc2c(C)cc(CN3CCN(C)CC3)cc2Cl)cc(Cl)c1O)N1CCOCC1. The Morgan fingerprint density at radius 1 is 1.10 bits per heavy atom. The van der Waals surface area contributed by atoms with Gasteiger partial charge in [-0.2, -0.15) is 10.1 Å². The molecule has 4 rings (SSSR count). The zero-order valence-corrected chi connectivity index (χ0v) is 25.6. The molecule has 0 atom stereocenters. The van der Waals surface area contributed by atoms with Gasteiger partial charge in [-0.3, -0.25) is 9.89 Å². The Hall–Kier alpha value is -3.22. The number of nitrogens with zero attached hydrogens (tertiary/aromatic N) is 6. The zero-order valence-electron chi connectivity index (χ0n) is 24.1. The Labute approximate surface area is 256 Å². The van der Waals surface area contributed by atoms with Crippen LogP contribution in [0.1, 0.15) is 16.7 Å². The Morgan fingerprint density at radius 3 is 2.45 bits per heavy atom. The van der Waals surface area contributed by atoms with Gasteiger partial charge >= 0.3 is 0 Å². The van der Waals surface area contributed by atoms with Crippen LogP contribution in [-0.2, 0) is 11.3 Å². The van der Waals surface area contributed by atoms with E-state index >= 15 is 0 Å². The van der Waals surface area contributed by atoms with E-state index in [2.05, 4.69) is 55.3 Å². The van der Waals surface area contributed by atoms with Gasteiger partial charge in [0.25, 0.3) is 0 Å². The molecule has 0 spiro atoms. The maximum absolute atomic E-state index is 14.2. The lowest BCUT2D eigenvalue weighted by Crippen LogP contribution is -2.43. The first-order valence-electron chi connectivity index (χ1n) is 13.7. The summed E-state index contributed by atoms with van der Waals surface area (Å²) < 4.78 is 19.5. The van der Waals surface area contributed by atoms with Crippen molar-refractivity contribution in [3.05, 3.63) is 63.4 Å². The Morgan fingerprint density at radius 2 is 1.81 bits per heavy atom. The number of phenols is 1. The number of amidine groups is 1. The molecule has 10 nitrogen and oxygen atoms in total. The summed E-state index contributed by atoms with van der Waals surface area (Å²) in [5.41, 5.74) is 6.52.